The molecule has 0 amide bonds. The molecule has 1 atom stereocenters. The first-order valence-corrected chi connectivity index (χ1v) is 5.81. The molecule has 15 heavy (non-hydrogen) atoms. The van der Waals surface area contributed by atoms with Crippen LogP contribution in [0.15, 0.2) is 12.5 Å². The smallest absolute Gasteiger partial charge is 0.0951 e. The number of likely N-dealkylation sites (N-methyl/N-ethyl adjacent to an activating group) is 1. The molecular formula is C11H20ClN3. The molecule has 1 aromatic heterocycles. The molecule has 86 valence electrons. The summed E-state index contributed by atoms with van der Waals surface area (Å²) in [6.45, 7) is 5.47. The number of halogens is 1. The molecule has 1 aromatic rings. The van der Waals surface area contributed by atoms with Gasteiger partial charge in [-0.2, -0.15) is 0 Å². The number of aromatic nitrogens is 2. The molecule has 0 aliphatic carbocycles. The van der Waals surface area contributed by atoms with Crippen LogP contribution in [0.25, 0.3) is 0 Å². The Morgan fingerprint density at radius 3 is 2.60 bits per heavy atom. The summed E-state index contributed by atoms with van der Waals surface area (Å²) in [5, 5.41) is 0. The van der Waals surface area contributed by atoms with E-state index in [1.807, 2.05) is 12.5 Å². The molecule has 0 spiro atoms. The number of hydrogen-bond donors (Lipinski definition) is 0. The number of rotatable bonds is 5. The maximum Gasteiger partial charge on any atom is 0.0951 e. The van der Waals surface area contributed by atoms with Gasteiger partial charge in [-0.1, -0.05) is 13.8 Å². The van der Waals surface area contributed by atoms with Crippen molar-refractivity contribution in [3.63, 3.8) is 0 Å². The van der Waals surface area contributed by atoms with Gasteiger partial charge in [-0.05, 0) is 20.0 Å². The molecule has 0 saturated carbocycles. The van der Waals surface area contributed by atoms with Crippen LogP contribution in [0, 0.1) is 5.92 Å². The third-order valence-electron chi connectivity index (χ3n) is 2.56. The van der Waals surface area contributed by atoms with Crippen LogP contribution in [0.2, 0.25) is 0 Å². The van der Waals surface area contributed by atoms with E-state index >= 15 is 0 Å². The number of alkyl halides is 1. The van der Waals surface area contributed by atoms with Gasteiger partial charge in [-0.25, -0.2) is 4.98 Å². The molecule has 0 N–H and O–H groups in total. The Bertz CT molecular complexity index is 294. The Hall–Kier alpha value is -0.540. The zero-order valence-electron chi connectivity index (χ0n) is 9.94. The van der Waals surface area contributed by atoms with Crippen molar-refractivity contribution >= 4 is 11.6 Å². The van der Waals surface area contributed by atoms with E-state index in [0.717, 1.165) is 12.2 Å². The molecule has 1 heterocycles. The standard InChI is InChI=1S/C11H20ClN3/c1-9(2)11(7-14(3)4)15-8-13-6-10(15)5-12/h6,8-9,11H,5,7H2,1-4H3. The van der Waals surface area contributed by atoms with Crippen molar-refractivity contribution in [2.24, 2.45) is 5.92 Å². The predicted molar refractivity (Wildman–Crippen MR) is 64.2 cm³/mol. The molecule has 0 aromatic carbocycles. The summed E-state index contributed by atoms with van der Waals surface area (Å²) in [5.41, 5.74) is 1.09. The second kappa shape index (κ2) is 5.52. The molecular weight excluding hydrogens is 210 g/mol. The predicted octanol–water partition coefficient (Wildman–Crippen LogP) is 2.38. The molecule has 0 aliphatic heterocycles. The summed E-state index contributed by atoms with van der Waals surface area (Å²) >= 11 is 5.88. The summed E-state index contributed by atoms with van der Waals surface area (Å²) in [5.74, 6) is 1.10. The van der Waals surface area contributed by atoms with E-state index < -0.39 is 0 Å². The highest BCUT2D eigenvalue weighted by Crippen LogP contribution is 2.21. The normalized spacial score (nSPS) is 13.8. The van der Waals surface area contributed by atoms with E-state index in [0.29, 0.717) is 17.8 Å². The van der Waals surface area contributed by atoms with Crippen molar-refractivity contribution in [1.82, 2.24) is 14.5 Å². The quantitative estimate of drug-likeness (QED) is 0.723. The minimum absolute atomic E-state index is 0.441. The first-order chi connectivity index (χ1) is 7.06. The molecule has 3 nitrogen and oxygen atoms in total. The first kappa shape index (κ1) is 12.5. The fraction of sp³-hybridized carbons (Fsp3) is 0.727. The molecule has 0 saturated heterocycles. The van der Waals surface area contributed by atoms with E-state index in [2.05, 4.69) is 42.4 Å². The Morgan fingerprint density at radius 1 is 1.47 bits per heavy atom. The second-order valence-electron chi connectivity index (χ2n) is 4.50. The minimum atomic E-state index is 0.441. The van der Waals surface area contributed by atoms with Crippen molar-refractivity contribution in [2.75, 3.05) is 20.6 Å². The highest BCUT2D eigenvalue weighted by atomic mass is 35.5. The summed E-state index contributed by atoms with van der Waals surface area (Å²) < 4.78 is 2.19. The number of nitrogens with zero attached hydrogens (tertiary/aromatic N) is 3. The highest BCUT2D eigenvalue weighted by Gasteiger charge is 2.18. The van der Waals surface area contributed by atoms with Crippen molar-refractivity contribution < 1.29 is 0 Å². The van der Waals surface area contributed by atoms with Gasteiger partial charge in [0, 0.05) is 18.8 Å². The van der Waals surface area contributed by atoms with Crippen molar-refractivity contribution in [3.8, 4) is 0 Å². The van der Waals surface area contributed by atoms with Gasteiger partial charge in [0.2, 0.25) is 0 Å². The van der Waals surface area contributed by atoms with Gasteiger partial charge >= 0.3 is 0 Å². The van der Waals surface area contributed by atoms with Crippen LogP contribution >= 0.6 is 11.6 Å². The lowest BCUT2D eigenvalue weighted by molar-refractivity contribution is 0.266. The number of imidazole rings is 1. The van der Waals surface area contributed by atoms with Gasteiger partial charge in [0.25, 0.3) is 0 Å². The Balaban J connectivity index is 2.88. The van der Waals surface area contributed by atoms with Crippen LogP contribution in [0.1, 0.15) is 25.6 Å². The molecule has 0 aliphatic rings. The van der Waals surface area contributed by atoms with Crippen molar-refractivity contribution in [2.45, 2.75) is 25.8 Å². The van der Waals surface area contributed by atoms with E-state index in [-0.39, 0.29) is 0 Å². The summed E-state index contributed by atoms with van der Waals surface area (Å²) in [7, 11) is 4.18. The monoisotopic (exact) mass is 229 g/mol. The zero-order valence-corrected chi connectivity index (χ0v) is 10.7. The Labute approximate surface area is 97.1 Å². The minimum Gasteiger partial charge on any atom is -0.329 e. The van der Waals surface area contributed by atoms with Gasteiger partial charge in [0.1, 0.15) is 0 Å². The van der Waals surface area contributed by atoms with Crippen LogP contribution in [0.5, 0.6) is 0 Å². The second-order valence-corrected chi connectivity index (χ2v) is 4.77. The van der Waals surface area contributed by atoms with Gasteiger partial charge < -0.3 is 9.47 Å². The lowest BCUT2D eigenvalue weighted by atomic mass is 10.0. The molecule has 0 fully saturated rings. The maximum atomic E-state index is 5.88. The molecule has 4 heteroatoms. The van der Waals surface area contributed by atoms with Crippen LogP contribution in [0.3, 0.4) is 0 Å². The van der Waals surface area contributed by atoms with E-state index in [1.54, 1.807) is 0 Å². The highest BCUT2D eigenvalue weighted by molar-refractivity contribution is 6.16. The third-order valence-corrected chi connectivity index (χ3v) is 2.84. The van der Waals surface area contributed by atoms with Gasteiger partial charge in [0.15, 0.2) is 0 Å². The Morgan fingerprint density at radius 2 is 2.13 bits per heavy atom. The van der Waals surface area contributed by atoms with Crippen molar-refractivity contribution in [3.05, 3.63) is 18.2 Å². The molecule has 0 bridgehead atoms. The van der Waals surface area contributed by atoms with E-state index in [4.69, 9.17) is 11.6 Å². The number of hydrogen-bond acceptors (Lipinski definition) is 2. The summed E-state index contributed by atoms with van der Waals surface area (Å²) in [4.78, 5) is 6.36. The first-order valence-electron chi connectivity index (χ1n) is 5.27. The fourth-order valence-corrected chi connectivity index (χ4v) is 1.94. The van der Waals surface area contributed by atoms with Crippen LogP contribution < -0.4 is 0 Å². The molecule has 0 radical (unpaired) electrons. The SMILES string of the molecule is CC(C)C(CN(C)C)n1cncc1CCl. The summed E-state index contributed by atoms with van der Waals surface area (Å²) in [6, 6.07) is 0.441. The zero-order chi connectivity index (χ0) is 11.4. The lowest BCUT2D eigenvalue weighted by Gasteiger charge is -2.27. The topological polar surface area (TPSA) is 21.1 Å². The van der Waals surface area contributed by atoms with E-state index in [9.17, 15) is 0 Å². The largest absolute Gasteiger partial charge is 0.329 e. The maximum absolute atomic E-state index is 5.88. The van der Waals surface area contributed by atoms with Crippen LogP contribution in [-0.2, 0) is 5.88 Å². The summed E-state index contributed by atoms with van der Waals surface area (Å²) in [6.07, 6.45) is 3.73. The lowest BCUT2D eigenvalue weighted by Crippen LogP contribution is -2.28. The van der Waals surface area contributed by atoms with E-state index in [1.165, 1.54) is 0 Å². The Kier molecular flexibility index (Phi) is 4.61. The van der Waals surface area contributed by atoms with Gasteiger partial charge in [-0.3, -0.25) is 0 Å². The van der Waals surface area contributed by atoms with Crippen LogP contribution in [-0.4, -0.2) is 35.1 Å². The average Bonchev–Trinajstić information content (AvgIpc) is 2.60. The van der Waals surface area contributed by atoms with Gasteiger partial charge in [0.05, 0.1) is 17.9 Å². The average molecular weight is 230 g/mol. The fourth-order valence-electron chi connectivity index (χ4n) is 1.73. The molecule has 1 unspecified atom stereocenters. The van der Waals surface area contributed by atoms with Gasteiger partial charge in [-0.15, -0.1) is 11.6 Å². The third kappa shape index (κ3) is 3.21. The van der Waals surface area contributed by atoms with Crippen molar-refractivity contribution in [1.29, 1.82) is 0 Å². The van der Waals surface area contributed by atoms with Crippen LogP contribution in [0.4, 0.5) is 0 Å². The molecule has 1 rings (SSSR count).